The average molecular weight is 318 g/mol. The minimum absolute atomic E-state index is 1.07. The molecule has 0 bridgehead atoms. The van der Waals surface area contributed by atoms with E-state index < -0.39 is 10.2 Å². The van der Waals surface area contributed by atoms with Gasteiger partial charge in [0.05, 0.1) is 14.9 Å². The van der Waals surface area contributed by atoms with E-state index >= 15 is 0 Å². The summed E-state index contributed by atoms with van der Waals surface area (Å²) in [6.45, 7) is 8.73. The summed E-state index contributed by atoms with van der Waals surface area (Å²) in [5.74, 6) is 0. The molecule has 0 atom stereocenters. The Morgan fingerprint density at radius 2 is 1.52 bits per heavy atom. The van der Waals surface area contributed by atoms with Gasteiger partial charge in [0.15, 0.2) is 0 Å². The largest absolute Gasteiger partial charge is 0.372 e. The number of hydrogen-bond acceptors (Lipinski definition) is 5. The van der Waals surface area contributed by atoms with Gasteiger partial charge in [-0.05, 0) is 38.0 Å². The summed E-state index contributed by atoms with van der Waals surface area (Å²) in [6.07, 6.45) is 6.83. The Kier molecular flexibility index (Phi) is 10.0. The van der Waals surface area contributed by atoms with Crippen molar-refractivity contribution >= 4 is 11.8 Å². The summed E-state index contributed by atoms with van der Waals surface area (Å²) >= 11 is 0. The van der Waals surface area contributed by atoms with Crippen LogP contribution in [0.5, 0.6) is 0 Å². The highest BCUT2D eigenvalue weighted by Crippen LogP contribution is 2.15. The zero-order chi connectivity index (χ0) is 16.3. The zero-order valence-electron chi connectivity index (χ0n) is 12.8. The molecule has 0 saturated carbocycles. The van der Waals surface area contributed by atoms with Gasteiger partial charge < -0.3 is 4.90 Å². The lowest BCUT2D eigenvalue weighted by Crippen LogP contribution is -2.58. The minimum atomic E-state index is -4.69. The molecule has 0 aliphatic rings. The van der Waals surface area contributed by atoms with Crippen LogP contribution in [-0.4, -0.2) is 17.7 Å². The SMILES string of the molecule is CCCC=Cc1ccc(N(CC)CC)cc1.[O-][Cl+3]([O-])([O-])O. The van der Waals surface area contributed by atoms with E-state index in [-0.39, 0.29) is 0 Å². The maximum absolute atomic E-state index is 8.60. The highest BCUT2D eigenvalue weighted by atomic mass is 35.7. The predicted octanol–water partition coefficient (Wildman–Crippen LogP) is 0.222. The Hall–Kier alpha value is -1.11. The average Bonchev–Trinajstić information content (AvgIpc) is 2.40. The summed E-state index contributed by atoms with van der Waals surface area (Å²) in [4.78, 5) is 2.36. The van der Waals surface area contributed by atoms with Gasteiger partial charge in [0.2, 0.25) is 0 Å². The zero-order valence-corrected chi connectivity index (χ0v) is 13.5. The summed E-state index contributed by atoms with van der Waals surface area (Å²) in [6, 6.07) is 8.80. The lowest BCUT2D eigenvalue weighted by atomic mass is 10.1. The van der Waals surface area contributed by atoms with E-state index in [9.17, 15) is 0 Å². The van der Waals surface area contributed by atoms with Crippen LogP contribution in [-0.2, 0) is 0 Å². The molecule has 0 heterocycles. The molecule has 5 nitrogen and oxygen atoms in total. The molecule has 0 aromatic heterocycles. The molecule has 0 unspecified atom stereocenters. The van der Waals surface area contributed by atoms with Gasteiger partial charge in [-0.15, -0.1) is 0 Å². The normalized spacial score (nSPS) is 11.2. The standard InChI is InChI=1S/C15H23N.ClHO4/c1-4-7-8-9-14-10-12-15(13-11-14)16(5-2)6-3;2-1(3,4)5/h8-13H,4-7H2,1-3H3;(H,2,3,4,5). The number of anilines is 1. The third-order valence-electron chi connectivity index (χ3n) is 2.79. The Labute approximate surface area is 128 Å². The van der Waals surface area contributed by atoms with Crippen LogP contribution in [0.3, 0.4) is 0 Å². The number of nitrogens with zero attached hydrogens (tertiary/aromatic N) is 1. The van der Waals surface area contributed by atoms with Crippen LogP contribution in [0.25, 0.3) is 6.08 Å². The van der Waals surface area contributed by atoms with E-state index in [1.807, 2.05) is 0 Å². The van der Waals surface area contributed by atoms with Crippen molar-refractivity contribution in [3.05, 3.63) is 35.9 Å². The summed E-state index contributed by atoms with van der Waals surface area (Å²) in [5, 5.41) is 0. The lowest BCUT2D eigenvalue weighted by molar-refractivity contribution is -1.92. The van der Waals surface area contributed by atoms with Gasteiger partial charge in [0, 0.05) is 18.8 Å². The van der Waals surface area contributed by atoms with E-state index in [4.69, 9.17) is 18.6 Å². The molecule has 1 rings (SSSR count). The molecule has 1 aromatic carbocycles. The molecule has 0 aliphatic carbocycles. The lowest BCUT2D eigenvalue weighted by Gasteiger charge is -2.20. The molecule has 120 valence electrons. The van der Waals surface area contributed by atoms with Crippen molar-refractivity contribution in [2.45, 2.75) is 33.6 Å². The van der Waals surface area contributed by atoms with Gasteiger partial charge >= 0.3 is 0 Å². The van der Waals surface area contributed by atoms with E-state index in [0.717, 1.165) is 19.5 Å². The Bertz CT molecular complexity index is 391. The molecular formula is C15H24ClNO4. The van der Waals surface area contributed by atoms with Crippen LogP contribution in [0.15, 0.2) is 30.3 Å². The minimum Gasteiger partial charge on any atom is -0.372 e. The molecule has 21 heavy (non-hydrogen) atoms. The van der Waals surface area contributed by atoms with Crippen LogP contribution in [0.1, 0.15) is 39.2 Å². The second-order valence-electron chi connectivity index (χ2n) is 4.35. The third kappa shape index (κ3) is 11.2. The van der Waals surface area contributed by atoms with E-state index in [1.54, 1.807) is 0 Å². The first-order chi connectivity index (χ1) is 9.81. The number of allylic oxidation sites excluding steroid dienone is 1. The fourth-order valence-electron chi connectivity index (χ4n) is 1.77. The first-order valence-electron chi connectivity index (χ1n) is 6.96. The summed E-state index contributed by atoms with van der Waals surface area (Å²) in [7, 11) is -4.69. The monoisotopic (exact) mass is 317 g/mol. The number of unbranched alkanes of at least 4 members (excludes halogenated alkanes) is 1. The van der Waals surface area contributed by atoms with Gasteiger partial charge in [-0.25, -0.2) is 0 Å². The molecule has 1 aromatic rings. The summed E-state index contributed by atoms with van der Waals surface area (Å²) in [5.41, 5.74) is 2.61. The molecule has 0 radical (unpaired) electrons. The van der Waals surface area contributed by atoms with Crippen LogP contribution in [0, 0.1) is 10.2 Å². The number of rotatable bonds is 6. The Morgan fingerprint density at radius 1 is 1.05 bits per heavy atom. The Morgan fingerprint density at radius 3 is 1.90 bits per heavy atom. The van der Waals surface area contributed by atoms with Gasteiger partial charge in [0.25, 0.3) is 0 Å². The van der Waals surface area contributed by atoms with Gasteiger partial charge in [-0.3, -0.25) is 0 Å². The fourth-order valence-corrected chi connectivity index (χ4v) is 1.77. The number of halogens is 1. The number of benzene rings is 1. The maximum Gasteiger partial charge on any atom is 0.0777 e. The van der Waals surface area contributed by atoms with Crippen molar-refractivity contribution in [2.75, 3.05) is 18.0 Å². The molecule has 0 fully saturated rings. The molecular weight excluding hydrogens is 294 g/mol. The highest BCUT2D eigenvalue weighted by Gasteiger charge is 2.00. The highest BCUT2D eigenvalue weighted by molar-refractivity contribution is 5.55. The van der Waals surface area contributed by atoms with Crippen molar-refractivity contribution < 1.29 is 28.9 Å². The van der Waals surface area contributed by atoms with Crippen LogP contribution in [0.4, 0.5) is 5.69 Å². The van der Waals surface area contributed by atoms with Crippen molar-refractivity contribution in [1.82, 2.24) is 0 Å². The first kappa shape index (κ1) is 19.9. The van der Waals surface area contributed by atoms with E-state index in [2.05, 4.69) is 62.1 Å². The second kappa shape index (κ2) is 10.6. The van der Waals surface area contributed by atoms with Crippen molar-refractivity contribution in [2.24, 2.45) is 0 Å². The van der Waals surface area contributed by atoms with Crippen molar-refractivity contribution in [1.29, 1.82) is 0 Å². The Balaban J connectivity index is 0.000000690. The fraction of sp³-hybridized carbons (Fsp3) is 0.467. The van der Waals surface area contributed by atoms with Gasteiger partial charge in [-0.1, -0.05) is 37.6 Å². The van der Waals surface area contributed by atoms with Crippen LogP contribution < -0.4 is 18.9 Å². The predicted molar refractivity (Wildman–Crippen MR) is 76.2 cm³/mol. The topological polar surface area (TPSA) is 92.7 Å². The quantitative estimate of drug-likeness (QED) is 0.810. The molecule has 0 amide bonds. The molecule has 0 saturated heterocycles. The van der Waals surface area contributed by atoms with Crippen LogP contribution >= 0.6 is 0 Å². The third-order valence-corrected chi connectivity index (χ3v) is 2.79. The second-order valence-corrected chi connectivity index (χ2v) is 5.14. The van der Waals surface area contributed by atoms with E-state index in [1.165, 1.54) is 17.7 Å². The van der Waals surface area contributed by atoms with Gasteiger partial charge in [-0.2, -0.15) is 14.0 Å². The molecule has 0 aliphatic heterocycles. The van der Waals surface area contributed by atoms with Gasteiger partial charge in [0.1, 0.15) is 0 Å². The smallest absolute Gasteiger partial charge is 0.0777 e. The van der Waals surface area contributed by atoms with E-state index in [0.29, 0.717) is 0 Å². The van der Waals surface area contributed by atoms with Crippen molar-refractivity contribution in [3.8, 4) is 0 Å². The molecule has 6 heteroatoms. The molecule has 0 spiro atoms. The van der Waals surface area contributed by atoms with Crippen molar-refractivity contribution in [3.63, 3.8) is 0 Å². The van der Waals surface area contributed by atoms with Crippen LogP contribution in [0.2, 0.25) is 0 Å². The summed E-state index contributed by atoms with van der Waals surface area (Å²) < 4.78 is 32.7. The first-order valence-corrected chi connectivity index (χ1v) is 8.22. The molecule has 1 N–H and O–H groups in total. The number of hydrogen-bond donors (Lipinski definition) is 1. The maximum atomic E-state index is 8.60.